The molecule has 1 unspecified atom stereocenters. The number of rotatable bonds is 4. The Hall–Kier alpha value is -2.79. The van der Waals surface area contributed by atoms with Crippen molar-refractivity contribution in [1.82, 2.24) is 15.1 Å². The number of carbonyl (C=O) groups is 1. The molecule has 0 spiro atoms. The lowest BCUT2D eigenvalue weighted by Gasteiger charge is -2.26. The van der Waals surface area contributed by atoms with Gasteiger partial charge in [-0.25, -0.2) is 4.68 Å². The lowest BCUT2D eigenvalue weighted by molar-refractivity contribution is -0.121. The Morgan fingerprint density at radius 1 is 1.21 bits per heavy atom. The Morgan fingerprint density at radius 2 is 1.97 bits per heavy atom. The van der Waals surface area contributed by atoms with E-state index in [1.54, 1.807) is 0 Å². The number of nitrogens with two attached hydrogens (primary N) is 1. The van der Waals surface area contributed by atoms with Gasteiger partial charge >= 0.3 is 0 Å². The lowest BCUT2D eigenvalue weighted by atomic mass is 9.87. The van der Waals surface area contributed by atoms with Gasteiger partial charge in [0.25, 0.3) is 0 Å². The summed E-state index contributed by atoms with van der Waals surface area (Å²) < 4.78 is 1.91. The standard InChI is InChI=1S/C23H26N4O.ClH/c1-15-21(16(2)27(26-15)19-8-4-3-5-9-19)14-23(28)25-22-10-6-7-17-13-18(24)11-12-20(17)22;/h3-5,8-9,11-13,22H,6-7,10,14,24H2,1-2H3,(H,25,28);1H. The fraction of sp³-hybridized carbons (Fsp3) is 0.304. The molecule has 0 aliphatic heterocycles. The van der Waals surface area contributed by atoms with Crippen LogP contribution in [0, 0.1) is 13.8 Å². The van der Waals surface area contributed by atoms with E-state index in [4.69, 9.17) is 5.73 Å². The van der Waals surface area contributed by atoms with E-state index in [2.05, 4.69) is 16.5 Å². The molecule has 0 bridgehead atoms. The van der Waals surface area contributed by atoms with Gasteiger partial charge in [-0.15, -0.1) is 12.4 Å². The first kappa shape index (κ1) is 20.9. The second-order valence-electron chi connectivity index (χ2n) is 7.54. The zero-order valence-electron chi connectivity index (χ0n) is 16.8. The van der Waals surface area contributed by atoms with Gasteiger partial charge in [0.2, 0.25) is 5.91 Å². The molecule has 2 aromatic carbocycles. The number of aromatic nitrogens is 2. The summed E-state index contributed by atoms with van der Waals surface area (Å²) in [6.45, 7) is 3.99. The van der Waals surface area contributed by atoms with Crippen LogP contribution in [0.15, 0.2) is 48.5 Å². The van der Waals surface area contributed by atoms with Crippen molar-refractivity contribution in [2.45, 2.75) is 45.6 Å². The van der Waals surface area contributed by atoms with Crippen molar-refractivity contribution in [3.05, 3.63) is 76.6 Å². The third kappa shape index (κ3) is 4.30. The molecule has 4 rings (SSSR count). The molecule has 0 saturated heterocycles. The topological polar surface area (TPSA) is 72.9 Å². The van der Waals surface area contributed by atoms with Gasteiger partial charge in [0.15, 0.2) is 0 Å². The number of benzene rings is 2. The lowest BCUT2D eigenvalue weighted by Crippen LogP contribution is -2.32. The van der Waals surface area contributed by atoms with Crippen LogP contribution in [0.25, 0.3) is 5.69 Å². The number of para-hydroxylation sites is 1. The summed E-state index contributed by atoms with van der Waals surface area (Å²) in [4.78, 5) is 12.8. The number of amides is 1. The van der Waals surface area contributed by atoms with Crippen molar-refractivity contribution >= 4 is 24.0 Å². The first-order chi connectivity index (χ1) is 13.5. The number of nitrogens with zero attached hydrogens (tertiary/aromatic N) is 2. The molecule has 152 valence electrons. The van der Waals surface area contributed by atoms with E-state index >= 15 is 0 Å². The van der Waals surface area contributed by atoms with Crippen LogP contribution >= 0.6 is 12.4 Å². The summed E-state index contributed by atoms with van der Waals surface area (Å²) in [5.41, 5.74) is 13.1. The summed E-state index contributed by atoms with van der Waals surface area (Å²) in [7, 11) is 0. The fourth-order valence-electron chi connectivity index (χ4n) is 4.14. The quantitative estimate of drug-likeness (QED) is 0.632. The van der Waals surface area contributed by atoms with Crippen LogP contribution in [0.3, 0.4) is 0 Å². The van der Waals surface area contributed by atoms with E-state index < -0.39 is 0 Å². The smallest absolute Gasteiger partial charge is 0.225 e. The first-order valence-electron chi connectivity index (χ1n) is 9.81. The van der Waals surface area contributed by atoms with Crippen molar-refractivity contribution in [1.29, 1.82) is 0 Å². The van der Waals surface area contributed by atoms with Gasteiger partial charge in [0.1, 0.15) is 0 Å². The largest absolute Gasteiger partial charge is 0.399 e. The highest BCUT2D eigenvalue weighted by Crippen LogP contribution is 2.31. The second kappa shape index (κ2) is 8.70. The number of hydrogen-bond acceptors (Lipinski definition) is 3. The molecule has 6 heteroatoms. The van der Waals surface area contributed by atoms with Gasteiger partial charge in [-0.3, -0.25) is 4.79 Å². The van der Waals surface area contributed by atoms with Gasteiger partial charge in [-0.2, -0.15) is 5.10 Å². The van der Waals surface area contributed by atoms with E-state index in [-0.39, 0.29) is 24.4 Å². The Balaban J connectivity index is 0.00000240. The summed E-state index contributed by atoms with van der Waals surface area (Å²) >= 11 is 0. The molecule has 1 aromatic heterocycles. The third-order valence-corrected chi connectivity index (χ3v) is 5.60. The summed E-state index contributed by atoms with van der Waals surface area (Å²) in [6, 6.07) is 16.1. The number of anilines is 1. The molecule has 1 amide bonds. The Morgan fingerprint density at radius 3 is 2.72 bits per heavy atom. The molecule has 0 saturated carbocycles. The fourth-order valence-corrected chi connectivity index (χ4v) is 4.14. The highest BCUT2D eigenvalue weighted by molar-refractivity contribution is 5.85. The molecule has 1 aliphatic carbocycles. The maximum absolute atomic E-state index is 12.8. The van der Waals surface area contributed by atoms with Gasteiger partial charge in [0.05, 0.1) is 23.8 Å². The molecule has 0 fully saturated rings. The summed E-state index contributed by atoms with van der Waals surface area (Å²) in [5.74, 6) is 0.0356. The maximum Gasteiger partial charge on any atom is 0.225 e. The Bertz CT molecular complexity index is 1010. The monoisotopic (exact) mass is 410 g/mol. The van der Waals surface area contributed by atoms with Gasteiger partial charge in [-0.1, -0.05) is 24.3 Å². The highest BCUT2D eigenvalue weighted by atomic mass is 35.5. The summed E-state index contributed by atoms with van der Waals surface area (Å²) in [6.07, 6.45) is 3.38. The molecule has 0 radical (unpaired) electrons. The van der Waals surface area contributed by atoms with Crippen molar-refractivity contribution < 1.29 is 4.79 Å². The highest BCUT2D eigenvalue weighted by Gasteiger charge is 2.23. The third-order valence-electron chi connectivity index (χ3n) is 5.60. The summed E-state index contributed by atoms with van der Waals surface area (Å²) in [5, 5.41) is 7.88. The molecule has 1 atom stereocenters. The van der Waals surface area contributed by atoms with Crippen molar-refractivity contribution in [2.24, 2.45) is 0 Å². The maximum atomic E-state index is 12.8. The molecule has 29 heavy (non-hydrogen) atoms. The first-order valence-corrected chi connectivity index (χ1v) is 9.81. The Kier molecular flexibility index (Phi) is 6.28. The van der Waals surface area contributed by atoms with Crippen LogP contribution in [0.5, 0.6) is 0 Å². The van der Waals surface area contributed by atoms with Gasteiger partial charge < -0.3 is 11.1 Å². The number of nitrogens with one attached hydrogen (secondary N) is 1. The number of hydrogen-bond donors (Lipinski definition) is 2. The van der Waals surface area contributed by atoms with Gasteiger partial charge in [0, 0.05) is 16.9 Å². The second-order valence-corrected chi connectivity index (χ2v) is 7.54. The van der Waals surface area contributed by atoms with E-state index in [1.165, 1.54) is 11.1 Å². The number of nitrogen functional groups attached to an aromatic ring is 1. The van der Waals surface area contributed by atoms with Crippen LogP contribution in [0.1, 0.15) is 47.0 Å². The number of halogens is 1. The van der Waals surface area contributed by atoms with Crippen molar-refractivity contribution in [3.8, 4) is 5.69 Å². The minimum Gasteiger partial charge on any atom is -0.399 e. The van der Waals surface area contributed by atoms with Crippen LogP contribution in [-0.4, -0.2) is 15.7 Å². The van der Waals surface area contributed by atoms with E-state index in [9.17, 15) is 4.79 Å². The van der Waals surface area contributed by atoms with E-state index in [0.29, 0.717) is 6.42 Å². The number of aryl methyl sites for hydroxylation is 2. The molecular formula is C23H27ClN4O. The van der Waals surface area contributed by atoms with E-state index in [1.807, 2.05) is 61.0 Å². The van der Waals surface area contributed by atoms with E-state index in [0.717, 1.165) is 47.6 Å². The van der Waals surface area contributed by atoms with Crippen LogP contribution in [-0.2, 0) is 17.6 Å². The molecule has 1 aliphatic rings. The molecule has 3 N–H and O–H groups in total. The van der Waals surface area contributed by atoms with Crippen LogP contribution < -0.4 is 11.1 Å². The molecule has 1 heterocycles. The number of carbonyl (C=O) groups excluding carboxylic acids is 1. The normalized spacial score (nSPS) is 15.3. The van der Waals surface area contributed by atoms with Crippen molar-refractivity contribution in [3.63, 3.8) is 0 Å². The molecule has 3 aromatic rings. The Labute approximate surface area is 177 Å². The average Bonchev–Trinajstić information content (AvgIpc) is 2.97. The molecular weight excluding hydrogens is 384 g/mol. The van der Waals surface area contributed by atoms with Crippen LogP contribution in [0.2, 0.25) is 0 Å². The van der Waals surface area contributed by atoms with Crippen molar-refractivity contribution in [2.75, 3.05) is 5.73 Å². The van der Waals surface area contributed by atoms with Gasteiger partial charge in [-0.05, 0) is 68.5 Å². The zero-order valence-corrected chi connectivity index (χ0v) is 17.6. The van der Waals surface area contributed by atoms with Crippen LogP contribution in [0.4, 0.5) is 5.69 Å². The minimum absolute atomic E-state index is 0. The number of fused-ring (bicyclic) bond motifs is 1. The average molecular weight is 411 g/mol. The predicted molar refractivity (Wildman–Crippen MR) is 119 cm³/mol. The zero-order chi connectivity index (χ0) is 19.7. The SMILES string of the molecule is Cc1nn(-c2ccccc2)c(C)c1CC(=O)NC1CCCc2cc(N)ccc21.Cl. The molecule has 5 nitrogen and oxygen atoms in total. The predicted octanol–water partition coefficient (Wildman–Crippen LogP) is 4.23. The minimum atomic E-state index is 0.